The van der Waals surface area contributed by atoms with Crippen molar-refractivity contribution in [2.45, 2.75) is 0 Å². The van der Waals surface area contributed by atoms with Gasteiger partial charge in [0.05, 0.1) is 23.4 Å². The smallest absolute Gasteiger partial charge is 0.266 e. The normalized spacial score (nSPS) is 14.8. The van der Waals surface area contributed by atoms with Gasteiger partial charge in [-0.3, -0.25) is 14.6 Å². The lowest BCUT2D eigenvalue weighted by molar-refractivity contribution is -0.120. The predicted octanol–water partition coefficient (Wildman–Crippen LogP) is 3.80. The lowest BCUT2D eigenvalue weighted by Gasteiger charge is -2.29. The fraction of sp³-hybridized carbons (Fsp3) is 0.333. The molecule has 1 aliphatic heterocycles. The average Bonchev–Trinajstić information content (AvgIpc) is 3.16. The van der Waals surface area contributed by atoms with E-state index in [4.69, 9.17) is 14.5 Å². The molecule has 3 aromatic rings. The summed E-state index contributed by atoms with van der Waals surface area (Å²) in [5.74, 6) is 0.586. The van der Waals surface area contributed by atoms with Crippen LogP contribution in [0, 0.1) is 0 Å². The van der Waals surface area contributed by atoms with E-state index >= 15 is 0 Å². The highest BCUT2D eigenvalue weighted by Gasteiger charge is 2.22. The molecule has 2 aromatic carbocycles. The molecule has 1 amide bonds. The topological polar surface area (TPSA) is 54.9 Å². The molecule has 8 heteroatoms. The van der Waals surface area contributed by atoms with Crippen molar-refractivity contribution in [1.82, 2.24) is 9.88 Å². The molecule has 0 atom stereocenters. The Hall–Kier alpha value is -2.00. The lowest BCUT2D eigenvalue weighted by atomic mass is 10.3. The molecule has 0 N–H and O–H groups in total. The number of hydrogen-bond donors (Lipinski definition) is 0. The second-order valence-corrected chi connectivity index (χ2v) is 8.63. The number of ether oxygens (including phenoxy) is 2. The zero-order valence-corrected chi connectivity index (χ0v) is 18.3. The second kappa shape index (κ2) is 9.67. The van der Waals surface area contributed by atoms with E-state index in [1.807, 2.05) is 48.5 Å². The number of halogens is 1. The van der Waals surface area contributed by atoms with Crippen molar-refractivity contribution < 1.29 is 14.3 Å². The number of rotatable bonds is 7. The van der Waals surface area contributed by atoms with E-state index in [0.29, 0.717) is 17.4 Å². The third-order valence-corrected chi connectivity index (χ3v) is 6.25. The summed E-state index contributed by atoms with van der Waals surface area (Å²) in [7, 11) is 0. The van der Waals surface area contributed by atoms with Gasteiger partial charge in [-0.05, 0) is 30.3 Å². The summed E-state index contributed by atoms with van der Waals surface area (Å²) in [5.41, 5.74) is 0.890. The van der Waals surface area contributed by atoms with Crippen LogP contribution in [0.2, 0.25) is 0 Å². The highest BCUT2D eigenvalue weighted by molar-refractivity contribution is 9.10. The van der Waals surface area contributed by atoms with Crippen molar-refractivity contribution in [3.8, 4) is 5.75 Å². The van der Waals surface area contributed by atoms with Crippen LogP contribution in [0.25, 0.3) is 10.2 Å². The molecule has 1 saturated heterocycles. The summed E-state index contributed by atoms with van der Waals surface area (Å²) in [6.45, 7) is 4.57. The molecule has 6 nitrogen and oxygen atoms in total. The van der Waals surface area contributed by atoms with Crippen LogP contribution in [-0.4, -0.2) is 61.8 Å². The van der Waals surface area contributed by atoms with E-state index in [2.05, 4.69) is 20.8 Å². The maximum Gasteiger partial charge on any atom is 0.266 e. The van der Waals surface area contributed by atoms with Crippen LogP contribution >= 0.6 is 27.3 Å². The molecule has 0 spiro atoms. The number of morpholine rings is 1. The summed E-state index contributed by atoms with van der Waals surface area (Å²) >= 11 is 5.02. The van der Waals surface area contributed by atoms with Crippen molar-refractivity contribution in [2.75, 3.05) is 50.9 Å². The van der Waals surface area contributed by atoms with Gasteiger partial charge >= 0.3 is 0 Å². The van der Waals surface area contributed by atoms with Crippen molar-refractivity contribution in [3.05, 3.63) is 53.0 Å². The van der Waals surface area contributed by atoms with Gasteiger partial charge < -0.3 is 9.47 Å². The Kier molecular flexibility index (Phi) is 6.76. The molecule has 29 heavy (non-hydrogen) atoms. The maximum absolute atomic E-state index is 13.0. The van der Waals surface area contributed by atoms with Crippen LogP contribution in [0.1, 0.15) is 0 Å². The maximum atomic E-state index is 13.0. The number of carbonyl (C=O) groups is 1. The zero-order chi connectivity index (χ0) is 20.1. The van der Waals surface area contributed by atoms with Crippen LogP contribution < -0.4 is 9.64 Å². The number of amides is 1. The van der Waals surface area contributed by atoms with Crippen molar-refractivity contribution >= 4 is 48.5 Å². The van der Waals surface area contributed by atoms with Crippen LogP contribution in [0.15, 0.2) is 53.0 Å². The number of aromatic nitrogens is 1. The molecule has 1 fully saturated rings. The van der Waals surface area contributed by atoms with Crippen LogP contribution in [0.3, 0.4) is 0 Å². The molecular formula is C21H22BrN3O3S. The van der Waals surface area contributed by atoms with Crippen LogP contribution in [-0.2, 0) is 9.53 Å². The highest BCUT2D eigenvalue weighted by atomic mass is 79.9. The number of benzene rings is 2. The quantitative estimate of drug-likeness (QED) is 0.519. The van der Waals surface area contributed by atoms with Gasteiger partial charge in [0, 0.05) is 30.7 Å². The molecule has 1 aromatic heterocycles. The Labute approximate surface area is 182 Å². The first kappa shape index (κ1) is 20.3. The minimum absolute atomic E-state index is 0.0211. The summed E-state index contributed by atoms with van der Waals surface area (Å²) in [5, 5.41) is 0.702. The summed E-state index contributed by atoms with van der Waals surface area (Å²) in [4.78, 5) is 21.8. The van der Waals surface area contributed by atoms with E-state index in [9.17, 15) is 4.79 Å². The molecular weight excluding hydrogens is 454 g/mol. The van der Waals surface area contributed by atoms with Gasteiger partial charge in [-0.2, -0.15) is 0 Å². The molecule has 0 unspecified atom stereocenters. The first-order chi connectivity index (χ1) is 14.2. The number of para-hydroxylation sites is 1. The molecule has 0 saturated carbocycles. The molecule has 1 aliphatic rings. The molecule has 2 heterocycles. The van der Waals surface area contributed by atoms with Crippen molar-refractivity contribution in [2.24, 2.45) is 0 Å². The van der Waals surface area contributed by atoms with Crippen molar-refractivity contribution in [3.63, 3.8) is 0 Å². The number of fused-ring (bicyclic) bond motifs is 1. The Balaban J connectivity index is 1.51. The first-order valence-electron chi connectivity index (χ1n) is 9.53. The van der Waals surface area contributed by atoms with E-state index in [-0.39, 0.29) is 12.5 Å². The number of thiazole rings is 1. The number of hydrogen-bond acceptors (Lipinski definition) is 6. The fourth-order valence-corrected chi connectivity index (χ4v) is 4.70. The fourth-order valence-electron chi connectivity index (χ4n) is 3.13. The Bertz CT molecular complexity index is 960. The monoisotopic (exact) mass is 475 g/mol. The van der Waals surface area contributed by atoms with E-state index in [0.717, 1.165) is 47.5 Å². The van der Waals surface area contributed by atoms with Crippen molar-refractivity contribution in [1.29, 1.82) is 0 Å². The second-order valence-electron chi connectivity index (χ2n) is 6.71. The van der Waals surface area contributed by atoms with E-state index in [1.165, 1.54) is 11.3 Å². The molecule has 0 radical (unpaired) electrons. The lowest BCUT2D eigenvalue weighted by Crippen LogP contribution is -2.44. The first-order valence-corrected chi connectivity index (χ1v) is 11.1. The average molecular weight is 476 g/mol. The van der Waals surface area contributed by atoms with E-state index < -0.39 is 0 Å². The predicted molar refractivity (Wildman–Crippen MR) is 119 cm³/mol. The van der Waals surface area contributed by atoms with Gasteiger partial charge in [0.1, 0.15) is 5.75 Å². The van der Waals surface area contributed by atoms with Gasteiger partial charge in [0.25, 0.3) is 5.91 Å². The van der Waals surface area contributed by atoms with Gasteiger partial charge in [-0.1, -0.05) is 45.5 Å². The van der Waals surface area contributed by atoms with Gasteiger partial charge in [-0.25, -0.2) is 4.98 Å². The molecule has 0 aliphatic carbocycles. The number of nitrogens with zero attached hydrogens (tertiary/aromatic N) is 3. The van der Waals surface area contributed by atoms with Gasteiger partial charge in [-0.15, -0.1) is 0 Å². The summed E-state index contributed by atoms with van der Waals surface area (Å²) < 4.78 is 13.2. The third-order valence-electron chi connectivity index (χ3n) is 4.72. The minimum atomic E-state index is -0.0970. The van der Waals surface area contributed by atoms with E-state index in [1.54, 1.807) is 4.90 Å². The van der Waals surface area contributed by atoms with Crippen LogP contribution in [0.5, 0.6) is 5.75 Å². The molecule has 4 rings (SSSR count). The molecule has 152 valence electrons. The number of carbonyl (C=O) groups excluding carboxylic acids is 1. The summed E-state index contributed by atoms with van der Waals surface area (Å²) in [6.07, 6.45) is 0. The highest BCUT2D eigenvalue weighted by Crippen LogP contribution is 2.31. The van der Waals surface area contributed by atoms with Crippen LogP contribution in [0.4, 0.5) is 5.13 Å². The standard InChI is InChI=1S/C21H22BrN3O3S/c22-16-6-7-18-19(14-16)29-21(23-18)25(9-8-24-10-12-27-13-11-24)20(26)15-28-17-4-2-1-3-5-17/h1-7,14H,8-13,15H2. The Morgan fingerprint density at radius 1 is 1.21 bits per heavy atom. The molecule has 0 bridgehead atoms. The largest absolute Gasteiger partial charge is 0.484 e. The Morgan fingerprint density at radius 2 is 2.00 bits per heavy atom. The zero-order valence-electron chi connectivity index (χ0n) is 15.9. The van der Waals surface area contributed by atoms with Gasteiger partial charge in [0.2, 0.25) is 0 Å². The number of anilines is 1. The van der Waals surface area contributed by atoms with Gasteiger partial charge in [0.15, 0.2) is 11.7 Å². The minimum Gasteiger partial charge on any atom is -0.484 e. The third kappa shape index (κ3) is 5.33. The summed E-state index contributed by atoms with van der Waals surface area (Å²) in [6, 6.07) is 15.4. The Morgan fingerprint density at radius 3 is 2.79 bits per heavy atom. The SMILES string of the molecule is O=C(COc1ccccc1)N(CCN1CCOCC1)c1nc2ccc(Br)cc2s1.